The number of aromatic hydroxyl groups is 1. The Morgan fingerprint density at radius 2 is 1.59 bits per heavy atom. The number of aryl methyl sites for hydroxylation is 1. The number of carbonyl (C=O) groups excluding carboxylic acids is 4. The average Bonchev–Trinajstić information content (AvgIpc) is 3.44. The summed E-state index contributed by atoms with van der Waals surface area (Å²) in [6, 6.07) is 25.1. The van der Waals surface area contributed by atoms with Crippen LogP contribution in [0.1, 0.15) is 76.2 Å². The third kappa shape index (κ3) is 8.66. The first-order valence-electron chi connectivity index (χ1n) is 18.6. The van der Waals surface area contributed by atoms with Crippen LogP contribution in [-0.4, -0.2) is 93.9 Å². The van der Waals surface area contributed by atoms with Crippen molar-refractivity contribution in [1.82, 2.24) is 25.1 Å². The van der Waals surface area contributed by atoms with Gasteiger partial charge in [0.25, 0.3) is 11.8 Å². The molecular formula is C42H44N6O6. The molecule has 12 heteroatoms. The molecule has 4 aromatic rings. The van der Waals surface area contributed by atoms with Gasteiger partial charge in [-0.15, -0.1) is 0 Å². The van der Waals surface area contributed by atoms with Crippen LogP contribution in [0, 0.1) is 0 Å². The van der Waals surface area contributed by atoms with Crippen molar-refractivity contribution in [2.75, 3.05) is 44.2 Å². The minimum absolute atomic E-state index is 0.0463. The molecule has 3 aliphatic heterocycles. The van der Waals surface area contributed by atoms with E-state index in [1.54, 1.807) is 12.1 Å². The number of unbranched alkanes of at least 4 members (excludes halogenated alkanes) is 2. The van der Waals surface area contributed by atoms with Gasteiger partial charge >= 0.3 is 0 Å². The zero-order valence-electron chi connectivity index (χ0n) is 30.2. The lowest BCUT2D eigenvalue weighted by Gasteiger charge is -2.35. The van der Waals surface area contributed by atoms with Crippen LogP contribution in [0.2, 0.25) is 0 Å². The predicted octanol–water partition coefficient (Wildman–Crippen LogP) is 5.13. The molecule has 4 heterocycles. The fourth-order valence-corrected chi connectivity index (χ4v) is 7.13. The minimum Gasteiger partial charge on any atom is -0.508 e. The second kappa shape index (κ2) is 16.9. The van der Waals surface area contributed by atoms with Crippen LogP contribution in [0.15, 0.2) is 85.1 Å². The first-order valence-corrected chi connectivity index (χ1v) is 18.6. The van der Waals surface area contributed by atoms with Gasteiger partial charge in [-0.3, -0.25) is 34.3 Å². The number of anilines is 1. The van der Waals surface area contributed by atoms with E-state index in [2.05, 4.69) is 67.6 Å². The van der Waals surface area contributed by atoms with Crippen molar-refractivity contribution in [3.63, 3.8) is 0 Å². The lowest BCUT2D eigenvalue weighted by atomic mass is 9.96. The standard InChI is InChI=1S/C42H44N6O6/c49-33-15-10-29(11-16-33)9-14-32(31-7-3-1-4-8-31)27-30-12-17-34(18-13-30)54-26-6-2-5-21-46-22-24-47(25-23-46)36-28-43-38-39(44-36)42(53)48(41(38)52)35-19-20-37(50)45-40(35)51/h1,3-4,7-8,10-13,15-18,27-28,35,49H,2,5-6,9,14,19-26H2,(H,45,50,51)/b32-27-. The Morgan fingerprint density at radius 3 is 2.33 bits per heavy atom. The molecule has 1 aromatic heterocycles. The van der Waals surface area contributed by atoms with Crippen molar-refractivity contribution in [2.24, 2.45) is 0 Å². The van der Waals surface area contributed by atoms with E-state index in [4.69, 9.17) is 4.74 Å². The highest BCUT2D eigenvalue weighted by atomic mass is 16.5. The Morgan fingerprint density at radius 1 is 0.852 bits per heavy atom. The maximum absolute atomic E-state index is 13.1. The first kappa shape index (κ1) is 36.5. The van der Waals surface area contributed by atoms with Gasteiger partial charge in [0.2, 0.25) is 11.8 Å². The zero-order valence-corrected chi connectivity index (χ0v) is 30.2. The number of phenolic OH excluding ortho intramolecular Hbond substituents is 1. The number of benzene rings is 3. The number of amides is 4. The first-order chi connectivity index (χ1) is 26.3. The topological polar surface area (TPSA) is 145 Å². The Balaban J connectivity index is 0.824. The highest BCUT2D eigenvalue weighted by molar-refractivity contribution is 6.21. The molecular weight excluding hydrogens is 684 g/mol. The second-order valence-electron chi connectivity index (χ2n) is 13.9. The van der Waals surface area contributed by atoms with Crippen LogP contribution in [-0.2, 0) is 16.0 Å². The van der Waals surface area contributed by atoms with Crippen LogP contribution in [0.4, 0.5) is 5.82 Å². The highest BCUT2D eigenvalue weighted by Crippen LogP contribution is 2.28. The molecule has 3 aliphatic rings. The number of carbonyl (C=O) groups is 4. The van der Waals surface area contributed by atoms with E-state index in [1.807, 2.05) is 30.3 Å². The Labute approximate surface area is 314 Å². The molecule has 0 saturated carbocycles. The van der Waals surface area contributed by atoms with Gasteiger partial charge in [-0.2, -0.15) is 0 Å². The van der Waals surface area contributed by atoms with E-state index >= 15 is 0 Å². The number of aromatic nitrogens is 2. The SMILES string of the molecule is O=C1CCC(N2C(=O)c3ncc(N4CCN(CCCCCOc5ccc(/C=C(/CCc6ccc(O)cc6)c6ccccc6)cc5)CC4)nc3C2=O)C(=O)N1. The summed E-state index contributed by atoms with van der Waals surface area (Å²) in [5.74, 6) is -0.709. The van der Waals surface area contributed by atoms with E-state index in [9.17, 15) is 24.3 Å². The van der Waals surface area contributed by atoms with Crippen molar-refractivity contribution < 1.29 is 29.0 Å². The maximum Gasteiger partial charge on any atom is 0.282 e. The molecule has 1 atom stereocenters. The van der Waals surface area contributed by atoms with Gasteiger partial charge in [-0.05, 0) is 91.6 Å². The predicted molar refractivity (Wildman–Crippen MR) is 204 cm³/mol. The van der Waals surface area contributed by atoms with Gasteiger partial charge in [0.1, 0.15) is 23.4 Å². The number of hydrogen-bond donors (Lipinski definition) is 2. The fourth-order valence-electron chi connectivity index (χ4n) is 7.13. The Hall–Kier alpha value is -5.88. The molecule has 0 spiro atoms. The molecule has 54 heavy (non-hydrogen) atoms. The van der Waals surface area contributed by atoms with E-state index in [1.165, 1.54) is 22.9 Å². The van der Waals surface area contributed by atoms with Gasteiger partial charge < -0.3 is 14.7 Å². The molecule has 4 amide bonds. The lowest BCUT2D eigenvalue weighted by molar-refractivity contribution is -0.136. The van der Waals surface area contributed by atoms with Gasteiger partial charge in [0.15, 0.2) is 11.4 Å². The number of allylic oxidation sites excluding steroid dienone is 1. The summed E-state index contributed by atoms with van der Waals surface area (Å²) in [7, 11) is 0. The number of piperazine rings is 1. The second-order valence-corrected chi connectivity index (χ2v) is 13.9. The smallest absolute Gasteiger partial charge is 0.282 e. The van der Waals surface area contributed by atoms with Crippen LogP contribution in [0.3, 0.4) is 0 Å². The number of fused-ring (bicyclic) bond motifs is 1. The van der Waals surface area contributed by atoms with Gasteiger partial charge in [-0.25, -0.2) is 9.97 Å². The van der Waals surface area contributed by atoms with Crippen molar-refractivity contribution >= 4 is 41.1 Å². The molecule has 2 N–H and O–H groups in total. The van der Waals surface area contributed by atoms with Crippen LogP contribution >= 0.6 is 0 Å². The van der Waals surface area contributed by atoms with Crippen molar-refractivity contribution in [2.45, 2.75) is 51.0 Å². The number of piperidine rings is 1. The number of phenols is 1. The molecule has 7 rings (SSSR count). The Kier molecular flexibility index (Phi) is 11.4. The molecule has 3 aromatic carbocycles. The van der Waals surface area contributed by atoms with Crippen LogP contribution in [0.5, 0.6) is 11.5 Å². The summed E-state index contributed by atoms with van der Waals surface area (Å²) < 4.78 is 6.06. The van der Waals surface area contributed by atoms with Crippen LogP contribution < -0.4 is 15.0 Å². The maximum atomic E-state index is 13.1. The van der Waals surface area contributed by atoms with Crippen LogP contribution in [0.25, 0.3) is 11.6 Å². The molecule has 278 valence electrons. The van der Waals surface area contributed by atoms with E-state index in [0.29, 0.717) is 25.5 Å². The number of ether oxygens (including phenoxy) is 1. The number of rotatable bonds is 14. The van der Waals surface area contributed by atoms with Crippen molar-refractivity contribution in [3.05, 3.63) is 113 Å². The number of nitrogens with one attached hydrogen (secondary N) is 1. The van der Waals surface area contributed by atoms with Crippen molar-refractivity contribution in [3.8, 4) is 11.5 Å². The van der Waals surface area contributed by atoms with Gasteiger partial charge in [-0.1, -0.05) is 60.7 Å². The minimum atomic E-state index is -1.04. The zero-order chi connectivity index (χ0) is 37.4. The van der Waals surface area contributed by atoms with E-state index < -0.39 is 29.7 Å². The molecule has 0 radical (unpaired) electrons. The molecule has 2 fully saturated rings. The molecule has 2 saturated heterocycles. The molecule has 0 bridgehead atoms. The quantitative estimate of drug-likeness (QED) is 0.102. The van der Waals surface area contributed by atoms with Gasteiger partial charge in [0, 0.05) is 32.6 Å². The monoisotopic (exact) mass is 728 g/mol. The van der Waals surface area contributed by atoms with E-state index in [0.717, 1.165) is 68.0 Å². The highest BCUT2D eigenvalue weighted by Gasteiger charge is 2.46. The Bertz CT molecular complexity index is 2010. The third-order valence-corrected chi connectivity index (χ3v) is 10.2. The third-order valence-electron chi connectivity index (χ3n) is 10.2. The molecule has 12 nitrogen and oxygen atoms in total. The number of nitrogens with zero attached hydrogens (tertiary/aromatic N) is 5. The summed E-state index contributed by atoms with van der Waals surface area (Å²) in [5.41, 5.74) is 4.66. The summed E-state index contributed by atoms with van der Waals surface area (Å²) in [4.78, 5) is 64.1. The fraction of sp³-hybridized carbons (Fsp3) is 0.333. The molecule has 1 unspecified atom stereocenters. The summed E-state index contributed by atoms with van der Waals surface area (Å²) in [6.07, 6.45) is 8.74. The number of imide groups is 2. The average molecular weight is 729 g/mol. The lowest BCUT2D eigenvalue weighted by Crippen LogP contribution is -2.54. The summed E-state index contributed by atoms with van der Waals surface area (Å²) in [6.45, 7) is 4.75. The van der Waals surface area contributed by atoms with Gasteiger partial charge in [0.05, 0.1) is 12.8 Å². The van der Waals surface area contributed by atoms with Crippen molar-refractivity contribution in [1.29, 1.82) is 0 Å². The summed E-state index contributed by atoms with van der Waals surface area (Å²) >= 11 is 0. The van der Waals surface area contributed by atoms with E-state index in [-0.39, 0.29) is 30.0 Å². The molecule has 0 aliphatic carbocycles. The normalized spacial score (nSPS) is 17.9. The largest absolute Gasteiger partial charge is 0.508 e. The number of hydrogen-bond acceptors (Lipinski definition) is 10. The summed E-state index contributed by atoms with van der Waals surface area (Å²) in [5, 5.41) is 11.8.